The molecule has 20 heavy (non-hydrogen) atoms. The van der Waals surface area contributed by atoms with Gasteiger partial charge in [0, 0.05) is 0 Å². The number of halogens is 3. The summed E-state index contributed by atoms with van der Waals surface area (Å²) in [4.78, 5) is 0. The second kappa shape index (κ2) is 5.64. The van der Waals surface area contributed by atoms with Gasteiger partial charge in [-0.05, 0) is 50.3 Å². The van der Waals surface area contributed by atoms with Crippen LogP contribution in [0.1, 0.15) is 38.2 Å². The molecule has 0 aromatic heterocycles. The summed E-state index contributed by atoms with van der Waals surface area (Å²) in [7, 11) is 0. The van der Waals surface area contributed by atoms with Gasteiger partial charge in [-0.1, -0.05) is 12.1 Å². The van der Waals surface area contributed by atoms with Crippen LogP contribution in [0.3, 0.4) is 0 Å². The smallest absolute Gasteiger partial charge is 0.391 e. The zero-order valence-corrected chi connectivity index (χ0v) is 11.4. The maximum absolute atomic E-state index is 12.6. The van der Waals surface area contributed by atoms with Crippen molar-refractivity contribution in [3.63, 3.8) is 0 Å². The number of benzene rings is 1. The first-order valence-corrected chi connectivity index (χ1v) is 6.87. The van der Waals surface area contributed by atoms with E-state index in [0.717, 1.165) is 0 Å². The van der Waals surface area contributed by atoms with Crippen molar-refractivity contribution in [3.8, 4) is 5.75 Å². The Labute approximate surface area is 116 Å². The van der Waals surface area contributed by atoms with Gasteiger partial charge in [0.1, 0.15) is 5.75 Å². The molecule has 1 saturated carbocycles. The van der Waals surface area contributed by atoms with E-state index in [2.05, 4.69) is 0 Å². The van der Waals surface area contributed by atoms with Crippen LogP contribution in [0.25, 0.3) is 0 Å². The van der Waals surface area contributed by atoms with Gasteiger partial charge in [-0.3, -0.25) is 0 Å². The molecule has 2 rings (SSSR count). The maximum Gasteiger partial charge on any atom is 0.391 e. The zero-order chi connectivity index (χ0) is 14.8. The number of hydrogen-bond acceptors (Lipinski definition) is 2. The van der Waals surface area contributed by atoms with Crippen molar-refractivity contribution in [3.05, 3.63) is 29.8 Å². The molecule has 1 aliphatic rings. The fourth-order valence-corrected chi connectivity index (χ4v) is 2.74. The molecule has 0 aliphatic heterocycles. The van der Waals surface area contributed by atoms with E-state index in [1.807, 2.05) is 6.92 Å². The van der Waals surface area contributed by atoms with Crippen LogP contribution in [0, 0.1) is 5.92 Å². The number of ether oxygens (including phenoxy) is 1. The van der Waals surface area contributed by atoms with Gasteiger partial charge >= 0.3 is 6.18 Å². The van der Waals surface area contributed by atoms with Crippen molar-refractivity contribution >= 4 is 0 Å². The summed E-state index contributed by atoms with van der Waals surface area (Å²) in [6, 6.07) is 6.96. The lowest BCUT2D eigenvalue weighted by Crippen LogP contribution is -2.36. The number of aliphatic hydroxyl groups is 1. The lowest BCUT2D eigenvalue weighted by molar-refractivity contribution is -0.193. The minimum absolute atomic E-state index is 0.0206. The third-order valence-electron chi connectivity index (χ3n) is 3.98. The van der Waals surface area contributed by atoms with E-state index < -0.39 is 17.7 Å². The highest BCUT2D eigenvalue weighted by Crippen LogP contribution is 2.45. The van der Waals surface area contributed by atoms with Gasteiger partial charge in [0.15, 0.2) is 0 Å². The molecule has 0 heterocycles. The Balaban J connectivity index is 2.05. The first-order chi connectivity index (χ1) is 9.35. The summed E-state index contributed by atoms with van der Waals surface area (Å²) in [6.45, 7) is 2.43. The van der Waals surface area contributed by atoms with Crippen LogP contribution in [0.5, 0.6) is 5.75 Å². The van der Waals surface area contributed by atoms with Gasteiger partial charge < -0.3 is 9.84 Å². The molecule has 2 nitrogen and oxygen atoms in total. The highest BCUT2D eigenvalue weighted by atomic mass is 19.4. The molecule has 1 fully saturated rings. The minimum Gasteiger partial charge on any atom is -0.494 e. The van der Waals surface area contributed by atoms with Crippen molar-refractivity contribution in [1.29, 1.82) is 0 Å². The molecule has 0 atom stereocenters. The van der Waals surface area contributed by atoms with Gasteiger partial charge in [-0.15, -0.1) is 0 Å². The van der Waals surface area contributed by atoms with E-state index in [1.54, 1.807) is 24.3 Å². The van der Waals surface area contributed by atoms with E-state index in [4.69, 9.17) is 4.74 Å². The molecule has 0 unspecified atom stereocenters. The highest BCUT2D eigenvalue weighted by Gasteiger charge is 2.45. The molecule has 5 heteroatoms. The molecular formula is C15H19F3O2. The lowest BCUT2D eigenvalue weighted by Gasteiger charge is -2.37. The number of rotatable bonds is 3. The average molecular weight is 288 g/mol. The Morgan fingerprint density at radius 3 is 2.20 bits per heavy atom. The van der Waals surface area contributed by atoms with Gasteiger partial charge in [-0.25, -0.2) is 0 Å². The summed E-state index contributed by atoms with van der Waals surface area (Å²) >= 11 is 0. The Bertz CT molecular complexity index is 431. The SMILES string of the molecule is CCOc1ccc(C2(O)CCC(C(F)(F)F)CC2)cc1. The zero-order valence-electron chi connectivity index (χ0n) is 11.4. The van der Waals surface area contributed by atoms with E-state index in [-0.39, 0.29) is 25.7 Å². The van der Waals surface area contributed by atoms with Gasteiger partial charge in [0.25, 0.3) is 0 Å². The standard InChI is InChI=1S/C15H19F3O2/c1-2-20-13-5-3-11(4-6-13)14(19)9-7-12(8-10-14)15(16,17)18/h3-6,12,19H,2,7-10H2,1H3. The molecular weight excluding hydrogens is 269 g/mol. The van der Waals surface area contributed by atoms with Crippen LogP contribution < -0.4 is 4.74 Å². The van der Waals surface area contributed by atoms with Crippen LogP contribution in [0.4, 0.5) is 13.2 Å². The van der Waals surface area contributed by atoms with Gasteiger partial charge in [-0.2, -0.15) is 13.2 Å². The molecule has 112 valence electrons. The predicted octanol–water partition coefficient (Wildman–Crippen LogP) is 4.03. The molecule has 0 amide bonds. The predicted molar refractivity (Wildman–Crippen MR) is 69.5 cm³/mol. The molecule has 1 N–H and O–H groups in total. The second-order valence-corrected chi connectivity index (χ2v) is 5.30. The van der Waals surface area contributed by atoms with Crippen LogP contribution in [-0.4, -0.2) is 17.9 Å². The van der Waals surface area contributed by atoms with E-state index >= 15 is 0 Å². The lowest BCUT2D eigenvalue weighted by atomic mass is 9.75. The minimum atomic E-state index is -4.15. The normalized spacial score (nSPS) is 27.4. The van der Waals surface area contributed by atoms with E-state index in [9.17, 15) is 18.3 Å². The van der Waals surface area contributed by atoms with Crippen molar-refractivity contribution < 1.29 is 23.0 Å². The molecule has 0 spiro atoms. The van der Waals surface area contributed by atoms with Crippen LogP contribution >= 0.6 is 0 Å². The third kappa shape index (κ3) is 3.26. The molecule has 0 radical (unpaired) electrons. The summed E-state index contributed by atoms with van der Waals surface area (Å²) < 4.78 is 43.2. The Morgan fingerprint density at radius 1 is 1.20 bits per heavy atom. The van der Waals surface area contributed by atoms with Crippen LogP contribution in [0.2, 0.25) is 0 Å². The van der Waals surface area contributed by atoms with Crippen LogP contribution in [0.15, 0.2) is 24.3 Å². The average Bonchev–Trinajstić information content (AvgIpc) is 2.39. The van der Waals surface area contributed by atoms with Crippen molar-refractivity contribution in [2.45, 2.75) is 44.4 Å². The third-order valence-corrected chi connectivity index (χ3v) is 3.98. The Kier molecular flexibility index (Phi) is 4.28. The number of alkyl halides is 3. The van der Waals surface area contributed by atoms with E-state index in [1.165, 1.54) is 0 Å². The van der Waals surface area contributed by atoms with E-state index in [0.29, 0.717) is 17.9 Å². The fourth-order valence-electron chi connectivity index (χ4n) is 2.74. The van der Waals surface area contributed by atoms with Crippen molar-refractivity contribution in [2.75, 3.05) is 6.61 Å². The van der Waals surface area contributed by atoms with Gasteiger partial charge in [0.05, 0.1) is 18.1 Å². The van der Waals surface area contributed by atoms with Crippen molar-refractivity contribution in [1.82, 2.24) is 0 Å². The van der Waals surface area contributed by atoms with Crippen LogP contribution in [-0.2, 0) is 5.60 Å². The molecule has 1 aromatic carbocycles. The fraction of sp³-hybridized carbons (Fsp3) is 0.600. The summed E-state index contributed by atoms with van der Waals surface area (Å²) in [5.41, 5.74) is -0.478. The molecule has 0 saturated heterocycles. The van der Waals surface area contributed by atoms with Gasteiger partial charge in [0.2, 0.25) is 0 Å². The summed E-state index contributed by atoms with van der Waals surface area (Å²) in [6.07, 6.45) is -3.91. The topological polar surface area (TPSA) is 29.5 Å². The Hall–Kier alpha value is -1.23. The Morgan fingerprint density at radius 2 is 1.75 bits per heavy atom. The monoisotopic (exact) mass is 288 g/mol. The molecule has 1 aromatic rings. The molecule has 0 bridgehead atoms. The second-order valence-electron chi connectivity index (χ2n) is 5.30. The highest BCUT2D eigenvalue weighted by molar-refractivity contribution is 5.31. The summed E-state index contributed by atoms with van der Waals surface area (Å²) in [5.74, 6) is -0.589. The molecule has 1 aliphatic carbocycles. The first-order valence-electron chi connectivity index (χ1n) is 6.87. The van der Waals surface area contributed by atoms with Crippen molar-refractivity contribution in [2.24, 2.45) is 5.92 Å². The maximum atomic E-state index is 12.6. The number of hydrogen-bond donors (Lipinski definition) is 1. The largest absolute Gasteiger partial charge is 0.494 e. The summed E-state index contributed by atoms with van der Waals surface area (Å²) in [5, 5.41) is 10.5. The quantitative estimate of drug-likeness (QED) is 0.910. The first kappa shape index (κ1) is 15.2.